The highest BCUT2D eigenvalue weighted by atomic mass is 32.2. The van der Waals surface area contributed by atoms with Crippen LogP contribution >= 0.6 is 0 Å². The minimum absolute atomic E-state index is 0.0409. The zero-order valence-electron chi connectivity index (χ0n) is 11.6. The lowest BCUT2D eigenvalue weighted by Gasteiger charge is -2.36. The van der Waals surface area contributed by atoms with Gasteiger partial charge in [0, 0.05) is 24.2 Å². The molecule has 21 heavy (non-hydrogen) atoms. The van der Waals surface area contributed by atoms with E-state index in [0.717, 1.165) is 18.9 Å². The maximum absolute atomic E-state index is 13.5. The van der Waals surface area contributed by atoms with Gasteiger partial charge in [-0.2, -0.15) is 4.31 Å². The fourth-order valence-corrected chi connectivity index (χ4v) is 5.43. The van der Waals surface area contributed by atoms with Crippen LogP contribution in [0.5, 0.6) is 0 Å². The SMILES string of the molecule is NCc1cc(S(=O)(=O)N2C3CCC2CC(O)C3)ccc1F. The van der Waals surface area contributed by atoms with E-state index in [4.69, 9.17) is 5.73 Å². The number of nitrogens with zero attached hydrogens (tertiary/aromatic N) is 1. The van der Waals surface area contributed by atoms with Crippen LogP contribution in [0.4, 0.5) is 4.39 Å². The van der Waals surface area contributed by atoms with Gasteiger partial charge in [-0.25, -0.2) is 12.8 Å². The first-order valence-electron chi connectivity index (χ1n) is 7.13. The van der Waals surface area contributed by atoms with Gasteiger partial charge in [-0.1, -0.05) is 0 Å². The Hall–Kier alpha value is -1.02. The summed E-state index contributed by atoms with van der Waals surface area (Å²) in [6.45, 7) is -0.0409. The van der Waals surface area contributed by atoms with Crippen LogP contribution in [0.25, 0.3) is 0 Å². The molecule has 0 aliphatic carbocycles. The van der Waals surface area contributed by atoms with Crippen molar-refractivity contribution >= 4 is 10.0 Å². The number of benzene rings is 1. The van der Waals surface area contributed by atoms with Gasteiger partial charge in [-0.3, -0.25) is 0 Å². The number of fused-ring (bicyclic) bond motifs is 2. The predicted octanol–water partition coefficient (Wildman–Crippen LogP) is 0.961. The lowest BCUT2D eigenvalue weighted by molar-refractivity contribution is 0.0768. The van der Waals surface area contributed by atoms with Crippen molar-refractivity contribution in [3.63, 3.8) is 0 Å². The molecule has 2 fully saturated rings. The summed E-state index contributed by atoms with van der Waals surface area (Å²) < 4.78 is 40.6. The zero-order valence-corrected chi connectivity index (χ0v) is 12.4. The van der Waals surface area contributed by atoms with Gasteiger partial charge in [-0.05, 0) is 43.9 Å². The summed E-state index contributed by atoms with van der Waals surface area (Å²) in [5.74, 6) is -0.492. The van der Waals surface area contributed by atoms with E-state index < -0.39 is 21.9 Å². The van der Waals surface area contributed by atoms with Gasteiger partial charge >= 0.3 is 0 Å². The fraction of sp³-hybridized carbons (Fsp3) is 0.571. The highest BCUT2D eigenvalue weighted by Gasteiger charge is 2.46. The van der Waals surface area contributed by atoms with E-state index in [0.29, 0.717) is 12.8 Å². The highest BCUT2D eigenvalue weighted by Crippen LogP contribution is 2.39. The Morgan fingerprint density at radius 1 is 1.29 bits per heavy atom. The lowest BCUT2D eigenvalue weighted by atomic mass is 10.0. The summed E-state index contributed by atoms with van der Waals surface area (Å²) in [5.41, 5.74) is 5.64. The smallest absolute Gasteiger partial charge is 0.243 e. The van der Waals surface area contributed by atoms with Crippen LogP contribution in [0.2, 0.25) is 0 Å². The molecular weight excluding hydrogens is 295 g/mol. The summed E-state index contributed by atoms with van der Waals surface area (Å²) in [4.78, 5) is 0.0811. The van der Waals surface area contributed by atoms with Crippen LogP contribution < -0.4 is 5.73 Å². The molecule has 3 N–H and O–H groups in total. The third-order valence-corrected chi connectivity index (χ3v) is 6.45. The molecule has 0 radical (unpaired) electrons. The van der Waals surface area contributed by atoms with E-state index in [1.807, 2.05) is 0 Å². The number of hydrogen-bond acceptors (Lipinski definition) is 4. The topological polar surface area (TPSA) is 83.6 Å². The number of aliphatic hydroxyl groups excluding tert-OH is 1. The van der Waals surface area contributed by atoms with Gasteiger partial charge in [-0.15, -0.1) is 0 Å². The Labute approximate surface area is 123 Å². The molecule has 2 unspecified atom stereocenters. The second-order valence-corrected chi connectivity index (χ2v) is 7.65. The van der Waals surface area contributed by atoms with Crippen molar-refractivity contribution in [1.82, 2.24) is 4.31 Å². The normalized spacial score (nSPS) is 29.8. The molecule has 7 heteroatoms. The standard InChI is InChI=1S/C14H19FN2O3S/c15-14-4-3-13(5-9(14)8-16)21(19,20)17-10-1-2-11(17)7-12(18)6-10/h3-5,10-12,18H,1-2,6-8,16H2. The molecule has 0 spiro atoms. The molecule has 2 aliphatic rings. The second kappa shape index (κ2) is 5.31. The average molecular weight is 314 g/mol. The van der Waals surface area contributed by atoms with Gasteiger partial charge in [0.25, 0.3) is 0 Å². The largest absolute Gasteiger partial charge is 0.393 e. The Bertz CT molecular complexity index is 636. The average Bonchev–Trinajstić information content (AvgIpc) is 2.72. The number of aliphatic hydroxyl groups is 1. The number of nitrogens with two attached hydrogens (primary N) is 1. The lowest BCUT2D eigenvalue weighted by Crippen LogP contribution is -2.47. The predicted molar refractivity (Wildman–Crippen MR) is 75.4 cm³/mol. The van der Waals surface area contributed by atoms with Crippen molar-refractivity contribution in [3.8, 4) is 0 Å². The van der Waals surface area contributed by atoms with Crippen molar-refractivity contribution < 1.29 is 17.9 Å². The maximum atomic E-state index is 13.5. The molecule has 2 atom stereocenters. The first-order chi connectivity index (χ1) is 9.93. The molecule has 2 heterocycles. The van der Waals surface area contributed by atoms with Crippen molar-refractivity contribution in [1.29, 1.82) is 0 Å². The molecule has 0 amide bonds. The van der Waals surface area contributed by atoms with Crippen LogP contribution in [-0.4, -0.2) is 36.0 Å². The molecule has 1 aromatic carbocycles. The Morgan fingerprint density at radius 3 is 2.48 bits per heavy atom. The molecular formula is C14H19FN2O3S. The van der Waals surface area contributed by atoms with E-state index >= 15 is 0 Å². The summed E-state index contributed by atoms with van der Waals surface area (Å²) in [6.07, 6.45) is 2.06. The summed E-state index contributed by atoms with van der Waals surface area (Å²) in [6, 6.07) is 3.43. The molecule has 2 saturated heterocycles. The van der Waals surface area contributed by atoms with E-state index in [1.165, 1.54) is 16.4 Å². The molecule has 0 saturated carbocycles. The summed E-state index contributed by atoms with van der Waals surface area (Å²) in [5, 5.41) is 9.78. The van der Waals surface area contributed by atoms with Crippen LogP contribution in [0.1, 0.15) is 31.2 Å². The minimum Gasteiger partial charge on any atom is -0.393 e. The van der Waals surface area contributed by atoms with Crippen LogP contribution in [0.3, 0.4) is 0 Å². The highest BCUT2D eigenvalue weighted by molar-refractivity contribution is 7.89. The molecule has 116 valence electrons. The third-order valence-electron chi connectivity index (χ3n) is 4.45. The molecule has 2 aliphatic heterocycles. The monoisotopic (exact) mass is 314 g/mol. The van der Waals surface area contributed by atoms with Crippen LogP contribution in [-0.2, 0) is 16.6 Å². The van der Waals surface area contributed by atoms with Crippen molar-refractivity contribution in [2.24, 2.45) is 5.73 Å². The maximum Gasteiger partial charge on any atom is 0.243 e. The first-order valence-corrected chi connectivity index (χ1v) is 8.57. The van der Waals surface area contributed by atoms with Crippen molar-refractivity contribution in [3.05, 3.63) is 29.6 Å². The van der Waals surface area contributed by atoms with Crippen molar-refractivity contribution in [2.75, 3.05) is 0 Å². The Morgan fingerprint density at radius 2 is 1.90 bits per heavy atom. The zero-order chi connectivity index (χ0) is 15.2. The van der Waals surface area contributed by atoms with Crippen LogP contribution in [0, 0.1) is 5.82 Å². The molecule has 0 aromatic heterocycles. The van der Waals surface area contributed by atoms with E-state index in [1.54, 1.807) is 0 Å². The first kappa shape index (κ1) is 14.9. The minimum atomic E-state index is -3.67. The quantitative estimate of drug-likeness (QED) is 0.870. The molecule has 5 nitrogen and oxygen atoms in total. The van der Waals surface area contributed by atoms with E-state index in [9.17, 15) is 17.9 Å². The van der Waals surface area contributed by atoms with Gasteiger partial charge < -0.3 is 10.8 Å². The van der Waals surface area contributed by atoms with Crippen molar-refractivity contribution in [2.45, 2.75) is 55.3 Å². The van der Waals surface area contributed by atoms with Gasteiger partial charge in [0.15, 0.2) is 0 Å². The van der Waals surface area contributed by atoms with Gasteiger partial charge in [0.1, 0.15) is 5.82 Å². The van der Waals surface area contributed by atoms with E-state index in [-0.39, 0.29) is 29.1 Å². The van der Waals surface area contributed by atoms with Crippen LogP contribution in [0.15, 0.2) is 23.1 Å². The number of halogens is 1. The van der Waals surface area contributed by atoms with Gasteiger partial charge in [0.05, 0.1) is 11.0 Å². The molecule has 3 rings (SSSR count). The summed E-state index contributed by atoms with van der Waals surface area (Å²) >= 11 is 0. The second-order valence-electron chi connectivity index (χ2n) is 5.80. The van der Waals surface area contributed by atoms with E-state index in [2.05, 4.69) is 0 Å². The molecule has 2 bridgehead atoms. The number of sulfonamides is 1. The van der Waals surface area contributed by atoms with Gasteiger partial charge in [0.2, 0.25) is 10.0 Å². The third kappa shape index (κ3) is 2.48. The summed E-state index contributed by atoms with van der Waals surface area (Å²) in [7, 11) is -3.67. The number of hydrogen-bond donors (Lipinski definition) is 2. The number of piperidine rings is 1. The Kier molecular flexibility index (Phi) is 3.77. The Balaban J connectivity index is 1.98. The number of rotatable bonds is 3. The molecule has 1 aromatic rings. The fourth-order valence-electron chi connectivity index (χ4n) is 3.49.